The Morgan fingerprint density at radius 3 is 2.62 bits per heavy atom. The topological polar surface area (TPSA) is 60.0 Å². The highest BCUT2D eigenvalue weighted by Crippen LogP contribution is 2.26. The number of carbonyl (C=O) groups is 1. The molecule has 1 aromatic carbocycles. The van der Waals surface area contributed by atoms with E-state index in [2.05, 4.69) is 5.32 Å². The number of carbonyl (C=O) groups excluding carboxylic acids is 1. The summed E-state index contributed by atoms with van der Waals surface area (Å²) in [6.07, 6.45) is 0.557. The number of benzene rings is 1. The number of nitrogens with zero attached hydrogens (tertiary/aromatic N) is 1. The van der Waals surface area contributed by atoms with E-state index in [1.165, 1.54) is 5.06 Å². The smallest absolute Gasteiger partial charge is 0.286 e. The maximum absolute atomic E-state index is 12.1. The SMILES string of the molecule is CC(Oc1ccc(OC2NC(Cl)CC2Cl)cc1)C(=O)N1CCCO1. The van der Waals surface area contributed by atoms with Crippen LogP contribution in [0.2, 0.25) is 0 Å². The molecular weight excluding hydrogens is 355 g/mol. The Morgan fingerprint density at radius 1 is 1.33 bits per heavy atom. The van der Waals surface area contributed by atoms with Crippen LogP contribution in [0.1, 0.15) is 19.8 Å². The molecule has 0 saturated carbocycles. The summed E-state index contributed by atoms with van der Waals surface area (Å²) in [7, 11) is 0. The van der Waals surface area contributed by atoms with Gasteiger partial charge in [-0.2, -0.15) is 0 Å². The average molecular weight is 375 g/mol. The van der Waals surface area contributed by atoms with Crippen LogP contribution in [-0.4, -0.2) is 47.3 Å². The zero-order chi connectivity index (χ0) is 17.1. The first-order valence-corrected chi connectivity index (χ1v) is 8.82. The van der Waals surface area contributed by atoms with E-state index in [0.717, 1.165) is 6.42 Å². The molecule has 4 atom stereocenters. The molecule has 2 aliphatic heterocycles. The first kappa shape index (κ1) is 17.6. The quantitative estimate of drug-likeness (QED) is 0.633. The van der Waals surface area contributed by atoms with Gasteiger partial charge in [-0.25, -0.2) is 5.06 Å². The van der Waals surface area contributed by atoms with Crippen molar-refractivity contribution in [1.29, 1.82) is 0 Å². The molecule has 0 aromatic heterocycles. The van der Waals surface area contributed by atoms with E-state index in [0.29, 0.717) is 31.1 Å². The predicted molar refractivity (Wildman–Crippen MR) is 90.3 cm³/mol. The third-order valence-corrected chi connectivity index (χ3v) is 4.56. The Morgan fingerprint density at radius 2 is 2.04 bits per heavy atom. The summed E-state index contributed by atoms with van der Waals surface area (Å²) in [5.41, 5.74) is -0.181. The summed E-state index contributed by atoms with van der Waals surface area (Å²) in [6.45, 7) is 2.88. The summed E-state index contributed by atoms with van der Waals surface area (Å²) in [6, 6.07) is 7.04. The molecule has 2 heterocycles. The van der Waals surface area contributed by atoms with Gasteiger partial charge in [0.15, 0.2) is 12.3 Å². The third kappa shape index (κ3) is 4.25. The van der Waals surface area contributed by atoms with Crippen molar-refractivity contribution >= 4 is 29.1 Å². The van der Waals surface area contributed by atoms with Gasteiger partial charge in [0.25, 0.3) is 5.91 Å². The van der Waals surface area contributed by atoms with Crippen LogP contribution in [0.25, 0.3) is 0 Å². The summed E-state index contributed by atoms with van der Waals surface area (Å²) in [4.78, 5) is 17.4. The minimum absolute atomic E-state index is 0.179. The number of ether oxygens (including phenoxy) is 2. The maximum Gasteiger partial charge on any atom is 0.286 e. The van der Waals surface area contributed by atoms with Crippen LogP contribution in [0.5, 0.6) is 11.5 Å². The molecule has 1 aromatic rings. The molecule has 1 amide bonds. The molecule has 8 heteroatoms. The molecule has 2 aliphatic rings. The number of halogens is 2. The van der Waals surface area contributed by atoms with Crippen LogP contribution in [-0.2, 0) is 9.63 Å². The van der Waals surface area contributed by atoms with Crippen molar-refractivity contribution in [2.45, 2.75) is 43.0 Å². The molecule has 24 heavy (non-hydrogen) atoms. The highest BCUT2D eigenvalue weighted by atomic mass is 35.5. The van der Waals surface area contributed by atoms with Gasteiger partial charge in [-0.15, -0.1) is 23.2 Å². The van der Waals surface area contributed by atoms with Gasteiger partial charge in [-0.05, 0) is 44.0 Å². The lowest BCUT2D eigenvalue weighted by molar-refractivity contribution is -0.175. The maximum atomic E-state index is 12.1. The number of hydrogen-bond acceptors (Lipinski definition) is 5. The van der Waals surface area contributed by atoms with Gasteiger partial charge in [0.2, 0.25) is 0 Å². The molecular formula is C16H20Cl2N2O4. The molecule has 0 spiro atoms. The Bertz CT molecular complexity index is 566. The van der Waals surface area contributed by atoms with Gasteiger partial charge in [0.05, 0.1) is 24.0 Å². The van der Waals surface area contributed by atoms with Crippen molar-refractivity contribution in [3.05, 3.63) is 24.3 Å². The lowest BCUT2D eigenvalue weighted by Gasteiger charge is -2.20. The van der Waals surface area contributed by atoms with Gasteiger partial charge in [-0.1, -0.05) is 0 Å². The normalized spacial score (nSPS) is 28.0. The minimum atomic E-state index is -0.615. The zero-order valence-corrected chi connectivity index (χ0v) is 14.8. The number of hydroxylamine groups is 2. The molecule has 6 nitrogen and oxygen atoms in total. The summed E-state index contributed by atoms with van der Waals surface area (Å²) in [5.74, 6) is 1.05. The van der Waals surface area contributed by atoms with Crippen molar-refractivity contribution in [1.82, 2.24) is 10.4 Å². The molecule has 4 unspecified atom stereocenters. The first-order chi connectivity index (χ1) is 11.5. The van der Waals surface area contributed by atoms with E-state index >= 15 is 0 Å². The van der Waals surface area contributed by atoms with E-state index in [9.17, 15) is 4.79 Å². The Labute approximate surface area is 150 Å². The van der Waals surface area contributed by atoms with Gasteiger partial charge in [-0.3, -0.25) is 14.9 Å². The second-order valence-corrected chi connectivity index (χ2v) is 6.87. The fourth-order valence-corrected chi connectivity index (χ4v) is 3.31. The summed E-state index contributed by atoms with van der Waals surface area (Å²) >= 11 is 12.2. The second kappa shape index (κ2) is 7.78. The van der Waals surface area contributed by atoms with Crippen LogP contribution in [0.4, 0.5) is 0 Å². The van der Waals surface area contributed by atoms with E-state index in [1.54, 1.807) is 31.2 Å². The second-order valence-electron chi connectivity index (χ2n) is 5.78. The van der Waals surface area contributed by atoms with Crippen LogP contribution in [0.15, 0.2) is 24.3 Å². The van der Waals surface area contributed by atoms with Crippen LogP contribution in [0, 0.1) is 0 Å². The van der Waals surface area contributed by atoms with Crippen molar-refractivity contribution in [3.8, 4) is 11.5 Å². The van der Waals surface area contributed by atoms with Gasteiger partial charge in [0.1, 0.15) is 11.5 Å². The molecule has 0 aliphatic carbocycles. The van der Waals surface area contributed by atoms with Gasteiger partial charge in [0, 0.05) is 0 Å². The molecule has 3 rings (SSSR count). The van der Waals surface area contributed by atoms with E-state index < -0.39 is 6.10 Å². The predicted octanol–water partition coefficient (Wildman–Crippen LogP) is 2.49. The third-order valence-electron chi connectivity index (χ3n) is 3.85. The molecule has 1 N–H and O–H groups in total. The lowest BCUT2D eigenvalue weighted by Crippen LogP contribution is -2.37. The number of rotatable bonds is 5. The highest BCUT2D eigenvalue weighted by molar-refractivity contribution is 6.24. The molecule has 0 radical (unpaired) electrons. The molecule has 132 valence electrons. The Kier molecular flexibility index (Phi) is 5.71. The van der Waals surface area contributed by atoms with E-state index in [4.69, 9.17) is 37.5 Å². The fourth-order valence-electron chi connectivity index (χ4n) is 2.60. The van der Waals surface area contributed by atoms with Crippen molar-refractivity contribution in [3.63, 3.8) is 0 Å². The Hall–Kier alpha value is -1.21. The van der Waals surface area contributed by atoms with Crippen LogP contribution >= 0.6 is 23.2 Å². The van der Waals surface area contributed by atoms with Crippen LogP contribution in [0.3, 0.4) is 0 Å². The van der Waals surface area contributed by atoms with E-state index in [-0.39, 0.29) is 23.0 Å². The zero-order valence-electron chi connectivity index (χ0n) is 13.3. The highest BCUT2D eigenvalue weighted by Gasteiger charge is 2.32. The number of hydrogen-bond donors (Lipinski definition) is 1. The number of alkyl halides is 2. The largest absolute Gasteiger partial charge is 0.481 e. The Balaban J connectivity index is 1.53. The van der Waals surface area contributed by atoms with Crippen molar-refractivity contribution < 1.29 is 19.1 Å². The molecule has 2 fully saturated rings. The molecule has 2 saturated heterocycles. The monoisotopic (exact) mass is 374 g/mol. The first-order valence-electron chi connectivity index (χ1n) is 7.95. The molecule has 0 bridgehead atoms. The lowest BCUT2D eigenvalue weighted by atomic mass is 10.3. The summed E-state index contributed by atoms with van der Waals surface area (Å²) < 4.78 is 11.4. The fraction of sp³-hybridized carbons (Fsp3) is 0.562. The number of amides is 1. The van der Waals surface area contributed by atoms with Crippen molar-refractivity contribution in [2.75, 3.05) is 13.2 Å². The summed E-state index contributed by atoms with van der Waals surface area (Å²) in [5, 5.41) is 4.24. The number of nitrogens with one attached hydrogen (secondary N) is 1. The van der Waals surface area contributed by atoms with Crippen LogP contribution < -0.4 is 14.8 Å². The standard InChI is InChI=1S/C16H20Cl2N2O4/c1-10(16(21)20-7-2-8-22-20)23-11-3-5-12(6-4-11)24-15-13(17)9-14(18)19-15/h3-6,10,13-15,19H,2,7-9H2,1H3. The van der Waals surface area contributed by atoms with Gasteiger partial charge < -0.3 is 9.47 Å². The average Bonchev–Trinajstić information content (AvgIpc) is 3.19. The van der Waals surface area contributed by atoms with Crippen molar-refractivity contribution in [2.24, 2.45) is 0 Å². The van der Waals surface area contributed by atoms with Gasteiger partial charge >= 0.3 is 0 Å². The van der Waals surface area contributed by atoms with E-state index in [1.807, 2.05) is 0 Å². The minimum Gasteiger partial charge on any atom is -0.481 e.